The highest BCUT2D eigenvalue weighted by Crippen LogP contribution is 2.34. The summed E-state index contributed by atoms with van der Waals surface area (Å²) in [7, 11) is 1.61. The summed E-state index contributed by atoms with van der Waals surface area (Å²) in [4.78, 5) is 14.7. The van der Waals surface area contributed by atoms with E-state index in [0.717, 1.165) is 11.1 Å². The Morgan fingerprint density at radius 2 is 1.85 bits per heavy atom. The van der Waals surface area contributed by atoms with E-state index in [1.807, 2.05) is 24.3 Å². The zero-order chi connectivity index (χ0) is 18.7. The van der Waals surface area contributed by atoms with Gasteiger partial charge >= 0.3 is 0 Å². The van der Waals surface area contributed by atoms with Crippen molar-refractivity contribution in [1.82, 2.24) is 4.90 Å². The molecule has 1 atom stereocenters. The van der Waals surface area contributed by atoms with Gasteiger partial charge in [0.05, 0.1) is 5.60 Å². The molecule has 0 aliphatic carbocycles. The minimum Gasteiger partial charge on any atom is -0.508 e. The molecule has 5 nitrogen and oxygen atoms in total. The first-order valence-corrected chi connectivity index (χ1v) is 8.83. The van der Waals surface area contributed by atoms with Crippen LogP contribution in [0.3, 0.4) is 0 Å². The summed E-state index contributed by atoms with van der Waals surface area (Å²) in [6.07, 6.45) is 1.09. The van der Waals surface area contributed by atoms with Crippen molar-refractivity contribution in [3.63, 3.8) is 0 Å². The van der Waals surface area contributed by atoms with Crippen LogP contribution in [-0.2, 0) is 23.4 Å². The maximum atomic E-state index is 12.9. The molecule has 0 saturated heterocycles. The molecule has 0 bridgehead atoms. The Balaban J connectivity index is 1.80. The third kappa shape index (κ3) is 3.74. The molecule has 5 heteroatoms. The fourth-order valence-corrected chi connectivity index (χ4v) is 3.46. The van der Waals surface area contributed by atoms with Gasteiger partial charge < -0.3 is 19.8 Å². The molecule has 0 fully saturated rings. The van der Waals surface area contributed by atoms with E-state index in [-0.39, 0.29) is 11.7 Å². The second-order valence-electron chi connectivity index (χ2n) is 7.03. The molecule has 1 amide bonds. The highest BCUT2D eigenvalue weighted by molar-refractivity contribution is 5.95. The predicted octanol–water partition coefficient (Wildman–Crippen LogP) is 3.18. The van der Waals surface area contributed by atoms with E-state index in [1.54, 1.807) is 31.1 Å². The number of aromatic hydroxyl groups is 1. The Morgan fingerprint density at radius 3 is 2.46 bits per heavy atom. The number of rotatable bonds is 6. The number of fused-ring (bicyclic) bond motifs is 1. The van der Waals surface area contributed by atoms with E-state index >= 15 is 0 Å². The van der Waals surface area contributed by atoms with Gasteiger partial charge in [-0.05, 0) is 49.1 Å². The lowest BCUT2D eigenvalue weighted by Gasteiger charge is -2.25. The highest BCUT2D eigenvalue weighted by atomic mass is 16.5. The van der Waals surface area contributed by atoms with Gasteiger partial charge in [-0.1, -0.05) is 24.3 Å². The number of amides is 1. The van der Waals surface area contributed by atoms with Gasteiger partial charge in [0.2, 0.25) is 0 Å². The maximum absolute atomic E-state index is 12.9. The quantitative estimate of drug-likeness (QED) is 0.781. The second kappa shape index (κ2) is 7.48. The van der Waals surface area contributed by atoms with Crippen molar-refractivity contribution in [2.75, 3.05) is 13.7 Å². The number of carbonyl (C=O) groups excluding carboxylic acids is 1. The Labute approximate surface area is 153 Å². The third-order valence-electron chi connectivity index (χ3n) is 4.96. The molecule has 1 unspecified atom stereocenters. The fourth-order valence-electron chi connectivity index (χ4n) is 3.46. The predicted molar refractivity (Wildman–Crippen MR) is 98.8 cm³/mol. The number of nitrogens with zero attached hydrogens (tertiary/aromatic N) is 1. The number of phenols is 1. The average Bonchev–Trinajstić information content (AvgIpc) is 3.05. The van der Waals surface area contributed by atoms with Gasteiger partial charge in [0.1, 0.15) is 5.75 Å². The minimum atomic E-state index is -1.23. The van der Waals surface area contributed by atoms with Gasteiger partial charge in [-0.25, -0.2) is 0 Å². The van der Waals surface area contributed by atoms with Crippen LogP contribution < -0.4 is 0 Å². The van der Waals surface area contributed by atoms with Crippen molar-refractivity contribution >= 4 is 5.91 Å². The molecule has 0 spiro atoms. The zero-order valence-electron chi connectivity index (χ0n) is 15.2. The number of hydrogen-bond acceptors (Lipinski definition) is 4. The number of carbonyl (C=O) groups is 1. The normalized spacial score (nSPS) is 15.6. The van der Waals surface area contributed by atoms with E-state index in [1.165, 1.54) is 6.07 Å². The molecule has 2 aromatic rings. The first-order valence-electron chi connectivity index (χ1n) is 8.83. The van der Waals surface area contributed by atoms with Crippen molar-refractivity contribution in [2.45, 2.75) is 38.5 Å². The van der Waals surface area contributed by atoms with Crippen molar-refractivity contribution < 1.29 is 19.7 Å². The third-order valence-corrected chi connectivity index (χ3v) is 4.96. The van der Waals surface area contributed by atoms with E-state index in [2.05, 4.69) is 0 Å². The SMILES string of the molecule is COCCCC(C)(O)c1cc(C(=O)N2Cc3ccccc3C2)ccc1O. The maximum Gasteiger partial charge on any atom is 0.254 e. The summed E-state index contributed by atoms with van der Waals surface area (Å²) < 4.78 is 5.03. The summed E-state index contributed by atoms with van der Waals surface area (Å²) in [5.41, 5.74) is 1.93. The Bertz CT molecular complexity index is 775. The van der Waals surface area contributed by atoms with Gasteiger partial charge in [0.15, 0.2) is 0 Å². The van der Waals surface area contributed by atoms with Crippen LogP contribution in [0.15, 0.2) is 42.5 Å². The smallest absolute Gasteiger partial charge is 0.254 e. The van der Waals surface area contributed by atoms with E-state index in [4.69, 9.17) is 4.74 Å². The standard InChI is InChI=1S/C21H25NO4/c1-21(25,10-5-11-26-2)18-12-15(8-9-19(18)23)20(24)22-13-16-6-3-4-7-17(16)14-22/h3-4,6-9,12,23,25H,5,10-11,13-14H2,1-2H3. The van der Waals surface area contributed by atoms with Gasteiger partial charge in [0, 0.05) is 37.9 Å². The Hall–Kier alpha value is -2.37. The lowest BCUT2D eigenvalue weighted by Crippen LogP contribution is -2.27. The topological polar surface area (TPSA) is 70.0 Å². The van der Waals surface area contributed by atoms with Gasteiger partial charge in [-0.2, -0.15) is 0 Å². The molecule has 3 rings (SSSR count). The van der Waals surface area contributed by atoms with Crippen LogP contribution in [0, 0.1) is 0 Å². The molecule has 2 aromatic carbocycles. The molecule has 0 radical (unpaired) electrons. The lowest BCUT2D eigenvalue weighted by atomic mass is 9.89. The molecular weight excluding hydrogens is 330 g/mol. The summed E-state index contributed by atoms with van der Waals surface area (Å²) in [5, 5.41) is 21.0. The Morgan fingerprint density at radius 1 is 1.19 bits per heavy atom. The van der Waals surface area contributed by atoms with Gasteiger partial charge in [-0.15, -0.1) is 0 Å². The van der Waals surface area contributed by atoms with Crippen LogP contribution in [-0.4, -0.2) is 34.7 Å². The van der Waals surface area contributed by atoms with Crippen LogP contribution in [0.5, 0.6) is 5.75 Å². The monoisotopic (exact) mass is 355 g/mol. The number of benzene rings is 2. The van der Waals surface area contributed by atoms with Crippen molar-refractivity contribution in [1.29, 1.82) is 0 Å². The van der Waals surface area contributed by atoms with Gasteiger partial charge in [0.25, 0.3) is 5.91 Å². The average molecular weight is 355 g/mol. The largest absolute Gasteiger partial charge is 0.508 e. The second-order valence-corrected chi connectivity index (χ2v) is 7.03. The fraction of sp³-hybridized carbons (Fsp3) is 0.381. The zero-order valence-corrected chi connectivity index (χ0v) is 15.2. The molecular formula is C21H25NO4. The first kappa shape index (κ1) is 18.4. The molecule has 138 valence electrons. The summed E-state index contributed by atoms with van der Waals surface area (Å²) in [6, 6.07) is 12.7. The highest BCUT2D eigenvalue weighted by Gasteiger charge is 2.29. The van der Waals surface area contributed by atoms with Crippen molar-refractivity contribution in [3.05, 3.63) is 64.7 Å². The van der Waals surface area contributed by atoms with Crippen LogP contribution in [0.4, 0.5) is 0 Å². The number of methoxy groups -OCH3 is 1. The van der Waals surface area contributed by atoms with Crippen LogP contribution in [0.1, 0.15) is 46.8 Å². The van der Waals surface area contributed by atoms with Crippen LogP contribution >= 0.6 is 0 Å². The molecule has 1 aliphatic rings. The molecule has 0 saturated carbocycles. The first-order chi connectivity index (χ1) is 12.4. The Kier molecular flexibility index (Phi) is 5.30. The van der Waals surface area contributed by atoms with Gasteiger partial charge in [-0.3, -0.25) is 4.79 Å². The lowest BCUT2D eigenvalue weighted by molar-refractivity contribution is 0.0350. The minimum absolute atomic E-state index is 0.00586. The molecule has 26 heavy (non-hydrogen) atoms. The number of aliphatic hydroxyl groups is 1. The van der Waals surface area contributed by atoms with Crippen molar-refractivity contribution in [2.24, 2.45) is 0 Å². The molecule has 2 N–H and O–H groups in total. The van der Waals surface area contributed by atoms with Crippen molar-refractivity contribution in [3.8, 4) is 5.75 Å². The number of ether oxygens (including phenoxy) is 1. The summed E-state index contributed by atoms with van der Waals surface area (Å²) in [6.45, 7) is 3.34. The molecule has 1 aliphatic heterocycles. The summed E-state index contributed by atoms with van der Waals surface area (Å²) in [5.74, 6) is -0.108. The van der Waals surface area contributed by atoms with E-state index in [9.17, 15) is 15.0 Å². The van der Waals surface area contributed by atoms with E-state index < -0.39 is 5.60 Å². The molecule has 0 aromatic heterocycles. The number of hydrogen-bond donors (Lipinski definition) is 2. The van der Waals surface area contributed by atoms with Crippen LogP contribution in [0.2, 0.25) is 0 Å². The van der Waals surface area contributed by atoms with E-state index in [0.29, 0.717) is 43.7 Å². The molecule has 1 heterocycles. The van der Waals surface area contributed by atoms with Crippen LogP contribution in [0.25, 0.3) is 0 Å². The summed E-state index contributed by atoms with van der Waals surface area (Å²) >= 11 is 0. The number of phenolic OH excluding ortho intramolecular Hbond substituents is 1.